The summed E-state index contributed by atoms with van der Waals surface area (Å²) in [7, 11) is 0. The third kappa shape index (κ3) is 2.72. The van der Waals surface area contributed by atoms with Gasteiger partial charge in [-0.25, -0.2) is 0 Å². The molecule has 0 amide bonds. The summed E-state index contributed by atoms with van der Waals surface area (Å²) in [5.74, 6) is 5.59. The van der Waals surface area contributed by atoms with E-state index in [2.05, 4.69) is 14.7 Å². The molecule has 0 radical (unpaired) electrons. The lowest BCUT2D eigenvalue weighted by Gasteiger charge is -1.93. The van der Waals surface area contributed by atoms with Crippen LogP contribution in [-0.4, -0.2) is 14.8 Å². The van der Waals surface area contributed by atoms with Crippen molar-refractivity contribution in [2.75, 3.05) is 0 Å². The first-order valence-electron chi connectivity index (χ1n) is 2.75. The maximum atomic E-state index is 5.33. The van der Waals surface area contributed by atoms with Gasteiger partial charge in [0.05, 0.1) is 5.69 Å². The first-order valence-corrected chi connectivity index (χ1v) is 4.57. The fraction of sp³-hybridized carbons (Fsp3) is 0.250. The summed E-state index contributed by atoms with van der Waals surface area (Å²) >= 11 is 2.65. The molecule has 60 valence electrons. The summed E-state index contributed by atoms with van der Waals surface area (Å²) in [6.45, 7) is 0. The highest BCUT2D eigenvalue weighted by Gasteiger charge is 1.98. The second-order valence-corrected chi connectivity index (χ2v) is 3.26. The molecule has 4 N–H and O–H groups in total. The molecule has 7 heteroatoms. The minimum Gasteiger partial charge on any atom is -0.377 e. The van der Waals surface area contributed by atoms with Crippen molar-refractivity contribution in [2.45, 2.75) is 5.75 Å². The Morgan fingerprint density at radius 1 is 1.82 bits per heavy atom. The summed E-state index contributed by atoms with van der Waals surface area (Å²) in [6.07, 6.45) is 0. The van der Waals surface area contributed by atoms with Gasteiger partial charge in [-0.1, -0.05) is 16.3 Å². The Hall–Kier alpha value is -0.820. The standard InChI is InChI=1S/C4H7N5S2/c5-4(7-6)10-1-3-2-11-9-8-3/h2H,1,6H2,(H2,5,7). The molecule has 0 aliphatic rings. The van der Waals surface area contributed by atoms with Crippen molar-refractivity contribution in [1.82, 2.24) is 9.59 Å². The zero-order chi connectivity index (χ0) is 8.10. The first-order chi connectivity index (χ1) is 5.33. The van der Waals surface area contributed by atoms with Crippen molar-refractivity contribution in [2.24, 2.45) is 16.7 Å². The van der Waals surface area contributed by atoms with Gasteiger partial charge in [-0.3, -0.25) is 0 Å². The predicted octanol–water partition coefficient (Wildman–Crippen LogP) is -0.0403. The van der Waals surface area contributed by atoms with E-state index in [1.807, 2.05) is 5.38 Å². The number of hydrazone groups is 1. The van der Waals surface area contributed by atoms with Gasteiger partial charge in [0.1, 0.15) is 0 Å². The van der Waals surface area contributed by atoms with Gasteiger partial charge in [0.15, 0.2) is 5.17 Å². The number of hydrogen-bond donors (Lipinski definition) is 2. The van der Waals surface area contributed by atoms with Gasteiger partial charge in [-0.2, -0.15) is 5.10 Å². The van der Waals surface area contributed by atoms with Gasteiger partial charge in [0.25, 0.3) is 0 Å². The van der Waals surface area contributed by atoms with Gasteiger partial charge in [-0.15, -0.1) is 5.10 Å². The number of nitrogens with two attached hydrogens (primary N) is 2. The number of thioether (sulfide) groups is 1. The first kappa shape index (κ1) is 8.28. The van der Waals surface area contributed by atoms with Crippen LogP contribution in [0.15, 0.2) is 10.5 Å². The zero-order valence-corrected chi connectivity index (χ0v) is 7.23. The van der Waals surface area contributed by atoms with Crippen LogP contribution in [0, 0.1) is 0 Å². The highest BCUT2D eigenvalue weighted by molar-refractivity contribution is 8.13. The fourth-order valence-corrected chi connectivity index (χ4v) is 1.50. The molecule has 5 nitrogen and oxygen atoms in total. The molecule has 0 aliphatic heterocycles. The van der Waals surface area contributed by atoms with Crippen LogP contribution in [0.2, 0.25) is 0 Å². The highest BCUT2D eigenvalue weighted by Crippen LogP contribution is 2.09. The average molecular weight is 189 g/mol. The maximum absolute atomic E-state index is 5.33. The molecule has 0 saturated carbocycles. The van der Waals surface area contributed by atoms with E-state index in [-0.39, 0.29) is 0 Å². The van der Waals surface area contributed by atoms with E-state index in [1.165, 1.54) is 23.3 Å². The molecule has 0 aliphatic carbocycles. The Morgan fingerprint density at radius 2 is 2.64 bits per heavy atom. The molecule has 0 atom stereocenters. The van der Waals surface area contributed by atoms with E-state index in [4.69, 9.17) is 11.6 Å². The number of rotatable bonds is 2. The molecule has 1 aromatic rings. The normalized spacial score (nSPS) is 11.8. The minimum atomic E-state index is 0.359. The molecule has 0 saturated heterocycles. The minimum absolute atomic E-state index is 0.359. The summed E-state index contributed by atoms with van der Waals surface area (Å²) in [4.78, 5) is 0. The molecule has 1 heterocycles. The van der Waals surface area contributed by atoms with Crippen molar-refractivity contribution in [1.29, 1.82) is 0 Å². The van der Waals surface area contributed by atoms with E-state index < -0.39 is 0 Å². The van der Waals surface area contributed by atoms with Gasteiger partial charge < -0.3 is 11.6 Å². The SMILES string of the molecule is N/N=C(\N)SCc1csnn1. The number of amidine groups is 1. The lowest BCUT2D eigenvalue weighted by molar-refractivity contribution is 1.08. The summed E-state index contributed by atoms with van der Waals surface area (Å²) in [5.41, 5.74) is 6.23. The Morgan fingerprint density at radius 3 is 3.18 bits per heavy atom. The molecule has 0 bridgehead atoms. The predicted molar refractivity (Wildman–Crippen MR) is 47.0 cm³/mol. The van der Waals surface area contributed by atoms with Gasteiger partial charge in [0, 0.05) is 11.1 Å². The van der Waals surface area contributed by atoms with Crippen molar-refractivity contribution in [3.8, 4) is 0 Å². The molecule has 0 spiro atoms. The number of aromatic nitrogens is 2. The Kier molecular flexibility index (Phi) is 3.12. The van der Waals surface area contributed by atoms with E-state index in [1.54, 1.807) is 0 Å². The Balaban J connectivity index is 2.35. The Labute approximate surface area is 72.0 Å². The smallest absolute Gasteiger partial charge is 0.177 e. The van der Waals surface area contributed by atoms with Crippen LogP contribution in [0.5, 0.6) is 0 Å². The van der Waals surface area contributed by atoms with Crippen molar-refractivity contribution >= 4 is 28.5 Å². The topological polar surface area (TPSA) is 90.2 Å². The number of nitrogens with zero attached hydrogens (tertiary/aromatic N) is 3. The largest absolute Gasteiger partial charge is 0.377 e. The van der Waals surface area contributed by atoms with Crippen LogP contribution < -0.4 is 11.6 Å². The van der Waals surface area contributed by atoms with Crippen LogP contribution in [0.4, 0.5) is 0 Å². The lowest BCUT2D eigenvalue weighted by Crippen LogP contribution is -2.09. The lowest BCUT2D eigenvalue weighted by atomic mass is 10.6. The van der Waals surface area contributed by atoms with Gasteiger partial charge in [-0.05, 0) is 11.5 Å². The molecule has 1 aromatic heterocycles. The van der Waals surface area contributed by atoms with Crippen molar-refractivity contribution in [3.63, 3.8) is 0 Å². The Bertz CT molecular complexity index is 231. The van der Waals surface area contributed by atoms with E-state index in [0.717, 1.165) is 5.69 Å². The molecule has 1 rings (SSSR count). The third-order valence-corrected chi connectivity index (χ3v) is 2.30. The van der Waals surface area contributed by atoms with Crippen LogP contribution >= 0.6 is 23.3 Å². The van der Waals surface area contributed by atoms with Crippen LogP contribution in [0.25, 0.3) is 0 Å². The highest BCUT2D eigenvalue weighted by atomic mass is 32.2. The average Bonchev–Trinajstić information content (AvgIpc) is 2.52. The van der Waals surface area contributed by atoms with Crippen LogP contribution in [0.3, 0.4) is 0 Å². The second-order valence-electron chi connectivity index (χ2n) is 1.65. The summed E-state index contributed by atoms with van der Waals surface area (Å²) in [5, 5.41) is 9.34. The molecule has 11 heavy (non-hydrogen) atoms. The van der Waals surface area contributed by atoms with Crippen LogP contribution in [0.1, 0.15) is 5.69 Å². The molecular weight excluding hydrogens is 182 g/mol. The fourth-order valence-electron chi connectivity index (χ4n) is 0.432. The van der Waals surface area contributed by atoms with Crippen molar-refractivity contribution in [3.05, 3.63) is 11.1 Å². The number of hydrogen-bond acceptors (Lipinski definition) is 6. The second kappa shape index (κ2) is 4.14. The van der Waals surface area contributed by atoms with Gasteiger partial charge >= 0.3 is 0 Å². The molecule has 0 unspecified atom stereocenters. The third-order valence-electron chi connectivity index (χ3n) is 0.900. The molecule has 0 aromatic carbocycles. The summed E-state index contributed by atoms with van der Waals surface area (Å²) in [6, 6.07) is 0. The van der Waals surface area contributed by atoms with E-state index in [9.17, 15) is 0 Å². The van der Waals surface area contributed by atoms with Gasteiger partial charge in [0.2, 0.25) is 0 Å². The van der Waals surface area contributed by atoms with Crippen LogP contribution in [-0.2, 0) is 5.75 Å². The van der Waals surface area contributed by atoms with Crippen molar-refractivity contribution < 1.29 is 0 Å². The quantitative estimate of drug-likeness (QED) is 0.295. The molecular formula is C4H7N5S2. The summed E-state index contributed by atoms with van der Waals surface area (Å²) < 4.78 is 3.69. The zero-order valence-electron chi connectivity index (χ0n) is 5.60. The monoisotopic (exact) mass is 189 g/mol. The molecule has 0 fully saturated rings. The van der Waals surface area contributed by atoms with E-state index in [0.29, 0.717) is 10.9 Å². The maximum Gasteiger partial charge on any atom is 0.177 e. The van der Waals surface area contributed by atoms with E-state index >= 15 is 0 Å².